The maximum atomic E-state index is 5.56. The summed E-state index contributed by atoms with van der Waals surface area (Å²) < 4.78 is 5.05. The number of rotatable bonds is 4. The number of ether oxygens (including phenoxy) is 1. The molecule has 3 aromatic heterocycles. The van der Waals surface area contributed by atoms with Crippen molar-refractivity contribution in [3.63, 3.8) is 0 Å². The number of anilines is 1. The lowest BCUT2D eigenvalue weighted by atomic mass is 10.2. The predicted octanol–water partition coefficient (Wildman–Crippen LogP) is 2.28. The second-order valence-corrected chi connectivity index (χ2v) is 5.83. The van der Waals surface area contributed by atoms with Gasteiger partial charge in [0.2, 0.25) is 5.88 Å². The third kappa shape index (κ3) is 2.79. The summed E-state index contributed by atoms with van der Waals surface area (Å²) in [6.45, 7) is 2.04. The molecule has 3 aromatic rings. The molecule has 3 rings (SSSR count). The standard InChI is InChI=1S/C14H15N5OS/c1-8-5-10-13(19-15)17-11(18-14(10)21-8)6-9-3-4-12(20-2)16-7-9/h3-5,7H,6,15H2,1-2H3,(H,17,18,19). The number of hydrogen-bond acceptors (Lipinski definition) is 7. The van der Waals surface area contributed by atoms with Crippen molar-refractivity contribution >= 4 is 27.4 Å². The Kier molecular flexibility index (Phi) is 3.68. The van der Waals surface area contributed by atoms with Gasteiger partial charge >= 0.3 is 0 Å². The van der Waals surface area contributed by atoms with Crippen LogP contribution in [0.25, 0.3) is 10.2 Å². The highest BCUT2D eigenvalue weighted by Gasteiger charge is 2.10. The Morgan fingerprint density at radius 3 is 2.86 bits per heavy atom. The number of aryl methyl sites for hydroxylation is 1. The van der Waals surface area contributed by atoms with Gasteiger partial charge in [-0.3, -0.25) is 0 Å². The van der Waals surface area contributed by atoms with E-state index in [0.29, 0.717) is 23.9 Å². The molecule has 7 heteroatoms. The van der Waals surface area contributed by atoms with Gasteiger partial charge in [-0.25, -0.2) is 20.8 Å². The molecular weight excluding hydrogens is 286 g/mol. The van der Waals surface area contributed by atoms with E-state index >= 15 is 0 Å². The lowest BCUT2D eigenvalue weighted by molar-refractivity contribution is 0.397. The van der Waals surface area contributed by atoms with Gasteiger partial charge < -0.3 is 10.2 Å². The fraction of sp³-hybridized carbons (Fsp3) is 0.214. The molecule has 0 radical (unpaired) electrons. The molecule has 0 amide bonds. The number of methoxy groups -OCH3 is 1. The number of nitrogens with two attached hydrogens (primary N) is 1. The summed E-state index contributed by atoms with van der Waals surface area (Å²) in [5.74, 6) is 7.52. The molecule has 21 heavy (non-hydrogen) atoms. The van der Waals surface area contributed by atoms with Gasteiger partial charge in [-0.2, -0.15) is 0 Å². The minimum Gasteiger partial charge on any atom is -0.481 e. The Balaban J connectivity index is 1.95. The van der Waals surface area contributed by atoms with Crippen molar-refractivity contribution in [1.82, 2.24) is 15.0 Å². The summed E-state index contributed by atoms with van der Waals surface area (Å²) in [6, 6.07) is 5.81. The topological polar surface area (TPSA) is 86.0 Å². The molecule has 0 atom stereocenters. The average molecular weight is 301 g/mol. The van der Waals surface area contributed by atoms with E-state index in [1.54, 1.807) is 24.6 Å². The van der Waals surface area contributed by atoms with E-state index in [1.165, 1.54) is 4.88 Å². The summed E-state index contributed by atoms with van der Waals surface area (Å²) in [5.41, 5.74) is 3.67. The number of pyridine rings is 1. The summed E-state index contributed by atoms with van der Waals surface area (Å²) in [5, 5.41) is 0.955. The molecule has 0 bridgehead atoms. The largest absolute Gasteiger partial charge is 0.481 e. The molecule has 0 unspecified atom stereocenters. The zero-order valence-electron chi connectivity index (χ0n) is 11.8. The first kappa shape index (κ1) is 13.7. The number of hydrazine groups is 1. The molecule has 3 heterocycles. The van der Waals surface area contributed by atoms with Crippen molar-refractivity contribution in [1.29, 1.82) is 0 Å². The van der Waals surface area contributed by atoms with Crippen LogP contribution in [-0.2, 0) is 6.42 Å². The Morgan fingerprint density at radius 1 is 1.33 bits per heavy atom. The zero-order valence-corrected chi connectivity index (χ0v) is 12.6. The van der Waals surface area contributed by atoms with Crippen molar-refractivity contribution in [2.24, 2.45) is 5.84 Å². The van der Waals surface area contributed by atoms with Crippen molar-refractivity contribution in [2.45, 2.75) is 13.3 Å². The van der Waals surface area contributed by atoms with E-state index in [4.69, 9.17) is 10.6 Å². The number of thiophene rings is 1. The Bertz CT molecular complexity index is 769. The summed E-state index contributed by atoms with van der Waals surface area (Å²) in [4.78, 5) is 15.4. The van der Waals surface area contributed by atoms with Crippen LogP contribution in [0.1, 0.15) is 16.3 Å². The van der Waals surface area contributed by atoms with Gasteiger partial charge in [-0.05, 0) is 18.6 Å². The first-order valence-corrected chi connectivity index (χ1v) is 7.24. The van der Waals surface area contributed by atoms with Crippen molar-refractivity contribution in [2.75, 3.05) is 12.5 Å². The summed E-state index contributed by atoms with van der Waals surface area (Å²) in [7, 11) is 1.59. The molecule has 6 nitrogen and oxygen atoms in total. The lowest BCUT2D eigenvalue weighted by Gasteiger charge is -2.05. The van der Waals surface area contributed by atoms with Gasteiger partial charge in [0.15, 0.2) is 5.82 Å². The van der Waals surface area contributed by atoms with Crippen LogP contribution < -0.4 is 16.0 Å². The van der Waals surface area contributed by atoms with E-state index in [2.05, 4.69) is 20.4 Å². The molecule has 3 N–H and O–H groups in total. The van der Waals surface area contributed by atoms with Gasteiger partial charge in [-0.1, -0.05) is 6.07 Å². The molecule has 108 valence electrons. The number of nitrogen functional groups attached to an aromatic ring is 1. The van der Waals surface area contributed by atoms with Crippen LogP contribution in [0, 0.1) is 6.92 Å². The van der Waals surface area contributed by atoms with Crippen LogP contribution in [0.4, 0.5) is 5.82 Å². The van der Waals surface area contributed by atoms with Gasteiger partial charge in [0, 0.05) is 23.6 Å². The van der Waals surface area contributed by atoms with Gasteiger partial charge in [-0.15, -0.1) is 11.3 Å². The smallest absolute Gasteiger partial charge is 0.212 e. The molecule has 0 aliphatic rings. The third-order valence-electron chi connectivity index (χ3n) is 3.07. The molecule has 0 saturated heterocycles. The SMILES string of the molecule is COc1ccc(Cc2nc(NN)c3cc(C)sc3n2)cn1. The molecule has 0 aliphatic carbocycles. The lowest BCUT2D eigenvalue weighted by Crippen LogP contribution is -2.11. The maximum Gasteiger partial charge on any atom is 0.212 e. The Labute approximate surface area is 126 Å². The predicted molar refractivity (Wildman–Crippen MR) is 83.6 cm³/mol. The number of fused-ring (bicyclic) bond motifs is 1. The van der Waals surface area contributed by atoms with Crippen LogP contribution in [0.15, 0.2) is 24.4 Å². The highest BCUT2D eigenvalue weighted by molar-refractivity contribution is 7.18. The maximum absolute atomic E-state index is 5.56. The second-order valence-electron chi connectivity index (χ2n) is 4.59. The fourth-order valence-electron chi connectivity index (χ4n) is 2.09. The average Bonchev–Trinajstić information content (AvgIpc) is 2.87. The zero-order chi connectivity index (χ0) is 14.8. The monoisotopic (exact) mass is 301 g/mol. The summed E-state index contributed by atoms with van der Waals surface area (Å²) >= 11 is 1.63. The van der Waals surface area contributed by atoms with Crippen molar-refractivity contribution < 1.29 is 4.74 Å². The van der Waals surface area contributed by atoms with E-state index in [-0.39, 0.29) is 0 Å². The van der Waals surface area contributed by atoms with Gasteiger partial charge in [0.1, 0.15) is 10.7 Å². The van der Waals surface area contributed by atoms with Crippen LogP contribution in [-0.4, -0.2) is 22.1 Å². The highest BCUT2D eigenvalue weighted by atomic mass is 32.1. The Hall–Kier alpha value is -2.25. The van der Waals surface area contributed by atoms with Crippen molar-refractivity contribution in [3.05, 3.63) is 40.7 Å². The minimum atomic E-state index is 0.591. The van der Waals surface area contributed by atoms with Crippen LogP contribution >= 0.6 is 11.3 Å². The number of aromatic nitrogens is 3. The van der Waals surface area contributed by atoms with Crippen LogP contribution in [0.2, 0.25) is 0 Å². The Morgan fingerprint density at radius 2 is 2.19 bits per heavy atom. The third-order valence-corrected chi connectivity index (χ3v) is 4.01. The van der Waals surface area contributed by atoms with Gasteiger partial charge in [0.25, 0.3) is 0 Å². The second kappa shape index (κ2) is 5.63. The van der Waals surface area contributed by atoms with E-state index in [9.17, 15) is 0 Å². The molecule has 0 spiro atoms. The molecular formula is C14H15N5OS. The van der Waals surface area contributed by atoms with E-state index in [1.807, 2.05) is 25.1 Å². The number of nitrogens with zero attached hydrogens (tertiary/aromatic N) is 3. The number of nitrogens with one attached hydrogen (secondary N) is 1. The van der Waals surface area contributed by atoms with Crippen LogP contribution in [0.5, 0.6) is 5.88 Å². The highest BCUT2D eigenvalue weighted by Crippen LogP contribution is 2.28. The number of hydrogen-bond donors (Lipinski definition) is 2. The van der Waals surface area contributed by atoms with Crippen LogP contribution in [0.3, 0.4) is 0 Å². The quantitative estimate of drug-likeness (QED) is 0.568. The molecule has 0 aliphatic heterocycles. The summed E-state index contributed by atoms with van der Waals surface area (Å²) in [6.07, 6.45) is 2.36. The fourth-order valence-corrected chi connectivity index (χ4v) is 2.99. The first-order chi connectivity index (χ1) is 10.2. The van der Waals surface area contributed by atoms with E-state index < -0.39 is 0 Å². The minimum absolute atomic E-state index is 0.591. The van der Waals surface area contributed by atoms with Crippen molar-refractivity contribution in [3.8, 4) is 5.88 Å². The molecule has 0 aromatic carbocycles. The normalized spacial score (nSPS) is 10.8. The first-order valence-electron chi connectivity index (χ1n) is 6.42. The van der Waals surface area contributed by atoms with E-state index in [0.717, 1.165) is 15.8 Å². The molecule has 0 saturated carbocycles. The van der Waals surface area contributed by atoms with Gasteiger partial charge in [0.05, 0.1) is 12.5 Å². The molecule has 0 fully saturated rings.